The fraction of sp³-hybridized carbons (Fsp3) is 0.222. The summed E-state index contributed by atoms with van der Waals surface area (Å²) >= 11 is 0. The summed E-state index contributed by atoms with van der Waals surface area (Å²) in [5.74, 6) is 0.245. The van der Waals surface area contributed by atoms with Gasteiger partial charge in [0.15, 0.2) is 0 Å². The van der Waals surface area contributed by atoms with Crippen molar-refractivity contribution in [2.45, 2.75) is 19.8 Å². The first-order valence-electron chi connectivity index (χ1n) is 7.31. The standard InChI is InChI=1S/C18H17NO3/c1-12-3-2-4-14(11-12)17(20)19-15-7-9-16(10-8-15)22-18(21)13-5-6-13/h2-4,7-11,13H,5-6H2,1H3,(H,19,20). The monoisotopic (exact) mass is 295 g/mol. The van der Waals surface area contributed by atoms with Gasteiger partial charge in [-0.05, 0) is 56.2 Å². The van der Waals surface area contributed by atoms with Crippen LogP contribution in [0.5, 0.6) is 5.75 Å². The maximum Gasteiger partial charge on any atom is 0.314 e. The summed E-state index contributed by atoms with van der Waals surface area (Å²) in [6, 6.07) is 14.2. The van der Waals surface area contributed by atoms with Gasteiger partial charge in [-0.15, -0.1) is 0 Å². The molecule has 0 spiro atoms. The summed E-state index contributed by atoms with van der Waals surface area (Å²) in [6.45, 7) is 1.94. The van der Waals surface area contributed by atoms with Crippen LogP contribution in [0.4, 0.5) is 5.69 Å². The van der Waals surface area contributed by atoms with Crippen LogP contribution in [0.1, 0.15) is 28.8 Å². The largest absolute Gasteiger partial charge is 0.426 e. The van der Waals surface area contributed by atoms with Gasteiger partial charge in [-0.2, -0.15) is 0 Å². The molecule has 1 aliphatic rings. The first-order valence-corrected chi connectivity index (χ1v) is 7.31. The van der Waals surface area contributed by atoms with E-state index in [2.05, 4.69) is 5.32 Å². The van der Waals surface area contributed by atoms with E-state index in [-0.39, 0.29) is 17.8 Å². The smallest absolute Gasteiger partial charge is 0.314 e. The highest BCUT2D eigenvalue weighted by atomic mass is 16.5. The molecule has 0 heterocycles. The molecule has 4 heteroatoms. The Bertz CT molecular complexity index is 703. The number of benzene rings is 2. The summed E-state index contributed by atoms with van der Waals surface area (Å²) in [4.78, 5) is 23.7. The molecule has 1 saturated carbocycles. The highest BCUT2D eigenvalue weighted by molar-refractivity contribution is 6.04. The van der Waals surface area contributed by atoms with Gasteiger partial charge in [0.25, 0.3) is 5.91 Å². The lowest BCUT2D eigenvalue weighted by Crippen LogP contribution is -2.12. The van der Waals surface area contributed by atoms with E-state index in [1.807, 2.05) is 25.1 Å². The van der Waals surface area contributed by atoms with Crippen LogP contribution in [0.3, 0.4) is 0 Å². The topological polar surface area (TPSA) is 55.4 Å². The van der Waals surface area contributed by atoms with Crippen LogP contribution in [0.15, 0.2) is 48.5 Å². The van der Waals surface area contributed by atoms with Gasteiger partial charge < -0.3 is 10.1 Å². The van der Waals surface area contributed by atoms with E-state index < -0.39 is 0 Å². The van der Waals surface area contributed by atoms with Crippen LogP contribution >= 0.6 is 0 Å². The lowest BCUT2D eigenvalue weighted by molar-refractivity contribution is -0.135. The molecule has 0 atom stereocenters. The highest BCUT2D eigenvalue weighted by Crippen LogP contribution is 2.31. The molecule has 0 aromatic heterocycles. The Hall–Kier alpha value is -2.62. The molecule has 0 radical (unpaired) electrons. The number of aryl methyl sites for hydroxylation is 1. The normalized spacial score (nSPS) is 13.5. The summed E-state index contributed by atoms with van der Waals surface area (Å²) < 4.78 is 5.25. The quantitative estimate of drug-likeness (QED) is 0.693. The number of carbonyl (C=O) groups excluding carboxylic acids is 2. The van der Waals surface area contributed by atoms with Crippen molar-refractivity contribution in [1.29, 1.82) is 0 Å². The SMILES string of the molecule is Cc1cccc(C(=O)Nc2ccc(OC(=O)C3CC3)cc2)c1. The van der Waals surface area contributed by atoms with Gasteiger partial charge in [-0.3, -0.25) is 9.59 Å². The fourth-order valence-corrected chi connectivity index (χ4v) is 2.11. The van der Waals surface area contributed by atoms with Gasteiger partial charge >= 0.3 is 5.97 Å². The van der Waals surface area contributed by atoms with E-state index in [0.717, 1.165) is 18.4 Å². The molecular formula is C18H17NO3. The number of esters is 1. The van der Waals surface area contributed by atoms with E-state index in [0.29, 0.717) is 17.0 Å². The Kier molecular flexibility index (Phi) is 3.92. The minimum absolute atomic E-state index is 0.0701. The van der Waals surface area contributed by atoms with Gasteiger partial charge in [0.05, 0.1) is 5.92 Å². The summed E-state index contributed by atoms with van der Waals surface area (Å²) in [5.41, 5.74) is 2.32. The first-order chi connectivity index (χ1) is 10.6. The van der Waals surface area contributed by atoms with E-state index in [4.69, 9.17) is 4.74 Å². The molecule has 0 bridgehead atoms. The number of ether oxygens (including phenoxy) is 1. The highest BCUT2D eigenvalue weighted by Gasteiger charge is 2.31. The van der Waals surface area contributed by atoms with Gasteiger partial charge in [0.1, 0.15) is 5.75 Å². The van der Waals surface area contributed by atoms with Gasteiger partial charge in [-0.1, -0.05) is 17.7 Å². The molecule has 112 valence electrons. The molecule has 2 aromatic carbocycles. The molecular weight excluding hydrogens is 278 g/mol. The maximum absolute atomic E-state index is 12.1. The van der Waals surface area contributed by atoms with Crippen LogP contribution in [0.2, 0.25) is 0 Å². The van der Waals surface area contributed by atoms with Crippen molar-refractivity contribution < 1.29 is 14.3 Å². The molecule has 1 fully saturated rings. The third kappa shape index (κ3) is 3.52. The minimum atomic E-state index is -0.170. The Morgan fingerprint density at radius 3 is 2.45 bits per heavy atom. The molecule has 1 N–H and O–H groups in total. The second-order valence-corrected chi connectivity index (χ2v) is 5.54. The number of hydrogen-bond donors (Lipinski definition) is 1. The summed E-state index contributed by atoms with van der Waals surface area (Å²) in [6.07, 6.45) is 1.84. The number of amides is 1. The van der Waals surface area contributed by atoms with Gasteiger partial charge in [0, 0.05) is 11.3 Å². The molecule has 4 nitrogen and oxygen atoms in total. The van der Waals surface area contributed by atoms with Crippen LogP contribution in [0, 0.1) is 12.8 Å². The molecule has 3 rings (SSSR count). The number of rotatable bonds is 4. The molecule has 22 heavy (non-hydrogen) atoms. The van der Waals surface area contributed by atoms with E-state index in [9.17, 15) is 9.59 Å². The maximum atomic E-state index is 12.1. The van der Waals surface area contributed by atoms with Crippen LogP contribution in [0.25, 0.3) is 0 Å². The molecule has 0 aliphatic heterocycles. The van der Waals surface area contributed by atoms with Crippen molar-refractivity contribution >= 4 is 17.6 Å². The Balaban J connectivity index is 1.63. The van der Waals surface area contributed by atoms with E-state index in [1.165, 1.54) is 0 Å². The van der Waals surface area contributed by atoms with Crippen LogP contribution in [-0.4, -0.2) is 11.9 Å². The zero-order valence-electron chi connectivity index (χ0n) is 12.3. The van der Waals surface area contributed by atoms with Crippen molar-refractivity contribution in [1.82, 2.24) is 0 Å². The van der Waals surface area contributed by atoms with Gasteiger partial charge in [0.2, 0.25) is 0 Å². The summed E-state index contributed by atoms with van der Waals surface area (Å²) in [7, 11) is 0. The average molecular weight is 295 g/mol. The third-order valence-electron chi connectivity index (χ3n) is 3.52. The minimum Gasteiger partial charge on any atom is -0.426 e. The van der Waals surface area contributed by atoms with Crippen molar-refractivity contribution in [3.63, 3.8) is 0 Å². The molecule has 0 unspecified atom stereocenters. The molecule has 2 aromatic rings. The second kappa shape index (κ2) is 6.02. The zero-order chi connectivity index (χ0) is 15.5. The van der Waals surface area contributed by atoms with E-state index >= 15 is 0 Å². The van der Waals surface area contributed by atoms with Crippen molar-refractivity contribution in [3.8, 4) is 5.75 Å². The van der Waals surface area contributed by atoms with Crippen molar-refractivity contribution in [2.75, 3.05) is 5.32 Å². The lowest BCUT2D eigenvalue weighted by Gasteiger charge is -2.07. The number of carbonyl (C=O) groups is 2. The fourth-order valence-electron chi connectivity index (χ4n) is 2.11. The Morgan fingerprint density at radius 2 is 1.82 bits per heavy atom. The Labute approximate surface area is 129 Å². The third-order valence-corrected chi connectivity index (χ3v) is 3.52. The molecule has 1 aliphatic carbocycles. The van der Waals surface area contributed by atoms with Crippen LogP contribution < -0.4 is 10.1 Å². The first kappa shape index (κ1) is 14.3. The second-order valence-electron chi connectivity index (χ2n) is 5.54. The van der Waals surface area contributed by atoms with E-state index in [1.54, 1.807) is 30.3 Å². The predicted molar refractivity (Wildman–Crippen MR) is 83.9 cm³/mol. The zero-order valence-corrected chi connectivity index (χ0v) is 12.3. The van der Waals surface area contributed by atoms with Crippen molar-refractivity contribution in [2.24, 2.45) is 5.92 Å². The number of nitrogens with one attached hydrogen (secondary N) is 1. The average Bonchev–Trinajstić information content (AvgIpc) is 3.34. The van der Waals surface area contributed by atoms with Crippen molar-refractivity contribution in [3.05, 3.63) is 59.7 Å². The predicted octanol–water partition coefficient (Wildman–Crippen LogP) is 3.56. The molecule has 0 saturated heterocycles. The Morgan fingerprint density at radius 1 is 1.09 bits per heavy atom. The number of anilines is 1. The van der Waals surface area contributed by atoms with Crippen LogP contribution in [-0.2, 0) is 4.79 Å². The summed E-state index contributed by atoms with van der Waals surface area (Å²) in [5, 5.41) is 2.82. The number of hydrogen-bond acceptors (Lipinski definition) is 3. The van der Waals surface area contributed by atoms with Gasteiger partial charge in [-0.25, -0.2) is 0 Å². The molecule has 1 amide bonds. The lowest BCUT2D eigenvalue weighted by atomic mass is 10.1.